The molecule has 1 saturated carbocycles. The molecule has 0 saturated heterocycles. The smallest absolute Gasteiger partial charge is 0.255 e. The summed E-state index contributed by atoms with van der Waals surface area (Å²) in [6.45, 7) is 2.27. The second kappa shape index (κ2) is 5.78. The zero-order valence-corrected chi connectivity index (χ0v) is 12.2. The second-order valence-electron chi connectivity index (χ2n) is 5.42. The Labute approximate surface area is 118 Å². The number of anilines is 1. The quantitative estimate of drug-likeness (QED) is 0.907. The molecule has 2 N–H and O–H groups in total. The van der Waals surface area contributed by atoms with Crippen LogP contribution >= 0.6 is 11.6 Å². The van der Waals surface area contributed by atoms with Crippen molar-refractivity contribution in [2.75, 3.05) is 12.8 Å². The van der Waals surface area contributed by atoms with E-state index in [1.807, 2.05) is 11.9 Å². The molecule has 1 aromatic rings. The molecule has 1 aromatic heterocycles. The number of nitrogens with zero attached hydrogens (tertiary/aromatic N) is 2. The molecule has 0 aliphatic heterocycles. The van der Waals surface area contributed by atoms with E-state index in [0.29, 0.717) is 16.6 Å². The summed E-state index contributed by atoms with van der Waals surface area (Å²) in [7, 11) is 1.85. The lowest BCUT2D eigenvalue weighted by molar-refractivity contribution is 0.0679. The summed E-state index contributed by atoms with van der Waals surface area (Å²) in [4.78, 5) is 18.1. The van der Waals surface area contributed by atoms with Gasteiger partial charge in [-0.25, -0.2) is 4.98 Å². The Kier molecular flexibility index (Phi) is 4.30. The van der Waals surface area contributed by atoms with Gasteiger partial charge in [0.15, 0.2) is 0 Å². The Balaban J connectivity index is 2.08. The van der Waals surface area contributed by atoms with Gasteiger partial charge in [0.25, 0.3) is 5.91 Å². The number of carbonyl (C=O) groups is 1. The van der Waals surface area contributed by atoms with E-state index in [-0.39, 0.29) is 11.7 Å². The molecule has 0 bridgehead atoms. The number of pyridine rings is 1. The Morgan fingerprint density at radius 3 is 2.63 bits per heavy atom. The predicted octanol–water partition coefficient (Wildman–Crippen LogP) is 2.97. The SMILES string of the molecule is CC1CCC(N(C)C(=O)c2cnc(N)c(Cl)c2)CC1. The van der Waals surface area contributed by atoms with E-state index in [1.54, 1.807) is 6.07 Å². The maximum Gasteiger partial charge on any atom is 0.255 e. The van der Waals surface area contributed by atoms with Gasteiger partial charge in [0.1, 0.15) is 5.82 Å². The molecule has 19 heavy (non-hydrogen) atoms. The molecule has 0 unspecified atom stereocenters. The highest BCUT2D eigenvalue weighted by atomic mass is 35.5. The molecule has 1 aliphatic carbocycles. The highest BCUT2D eigenvalue weighted by Crippen LogP contribution is 2.27. The van der Waals surface area contributed by atoms with Crippen molar-refractivity contribution in [2.45, 2.75) is 38.6 Å². The Hall–Kier alpha value is -1.29. The molecule has 1 heterocycles. The summed E-state index contributed by atoms with van der Waals surface area (Å²) < 4.78 is 0. The maximum atomic E-state index is 12.4. The number of rotatable bonds is 2. The maximum absolute atomic E-state index is 12.4. The molecule has 1 aliphatic rings. The number of carbonyl (C=O) groups excluding carboxylic acids is 1. The largest absolute Gasteiger partial charge is 0.382 e. The van der Waals surface area contributed by atoms with Gasteiger partial charge in [0.05, 0.1) is 10.6 Å². The lowest BCUT2D eigenvalue weighted by atomic mass is 9.86. The van der Waals surface area contributed by atoms with Gasteiger partial charge >= 0.3 is 0 Å². The van der Waals surface area contributed by atoms with Crippen molar-refractivity contribution in [2.24, 2.45) is 5.92 Å². The van der Waals surface area contributed by atoms with Crippen LogP contribution in [0.5, 0.6) is 0 Å². The Morgan fingerprint density at radius 2 is 2.05 bits per heavy atom. The molecule has 4 nitrogen and oxygen atoms in total. The zero-order chi connectivity index (χ0) is 14.0. The highest BCUT2D eigenvalue weighted by molar-refractivity contribution is 6.33. The average molecular weight is 282 g/mol. The van der Waals surface area contributed by atoms with Crippen LogP contribution in [0.4, 0.5) is 5.82 Å². The minimum Gasteiger partial charge on any atom is -0.382 e. The lowest BCUT2D eigenvalue weighted by Crippen LogP contribution is -2.39. The van der Waals surface area contributed by atoms with E-state index in [9.17, 15) is 4.79 Å². The fraction of sp³-hybridized carbons (Fsp3) is 0.571. The molecule has 0 spiro atoms. The van der Waals surface area contributed by atoms with Crippen LogP contribution in [0.15, 0.2) is 12.3 Å². The van der Waals surface area contributed by atoms with Gasteiger partial charge in [0.2, 0.25) is 0 Å². The molecule has 5 heteroatoms. The molecule has 104 valence electrons. The Bertz CT molecular complexity index is 470. The molecule has 1 fully saturated rings. The van der Waals surface area contributed by atoms with E-state index >= 15 is 0 Å². The number of hydrogen-bond donors (Lipinski definition) is 1. The van der Waals surface area contributed by atoms with Crippen LogP contribution < -0.4 is 5.73 Å². The van der Waals surface area contributed by atoms with E-state index in [2.05, 4.69) is 11.9 Å². The van der Waals surface area contributed by atoms with Crippen molar-refractivity contribution in [3.8, 4) is 0 Å². The third-order valence-electron chi connectivity index (χ3n) is 3.97. The van der Waals surface area contributed by atoms with Gasteiger partial charge < -0.3 is 10.6 Å². The third-order valence-corrected chi connectivity index (χ3v) is 4.27. The molecule has 0 radical (unpaired) electrons. The van der Waals surface area contributed by atoms with E-state index in [1.165, 1.54) is 19.0 Å². The molecule has 2 rings (SSSR count). The zero-order valence-electron chi connectivity index (χ0n) is 11.4. The van der Waals surface area contributed by atoms with Crippen molar-refractivity contribution in [1.29, 1.82) is 0 Å². The van der Waals surface area contributed by atoms with Crippen molar-refractivity contribution in [3.63, 3.8) is 0 Å². The fourth-order valence-electron chi connectivity index (χ4n) is 2.56. The number of nitrogen functional groups attached to an aromatic ring is 1. The van der Waals surface area contributed by atoms with Crippen LogP contribution in [0.1, 0.15) is 43.0 Å². The van der Waals surface area contributed by atoms with E-state index in [0.717, 1.165) is 18.8 Å². The van der Waals surface area contributed by atoms with Gasteiger partial charge in [-0.1, -0.05) is 18.5 Å². The van der Waals surface area contributed by atoms with Crippen molar-refractivity contribution < 1.29 is 4.79 Å². The van der Waals surface area contributed by atoms with Gasteiger partial charge in [0, 0.05) is 19.3 Å². The first kappa shape index (κ1) is 14.1. The summed E-state index contributed by atoms with van der Waals surface area (Å²) in [5.74, 6) is 0.994. The first-order valence-electron chi connectivity index (χ1n) is 6.67. The monoisotopic (exact) mass is 281 g/mol. The number of amides is 1. The van der Waals surface area contributed by atoms with Gasteiger partial charge in [-0.05, 0) is 37.7 Å². The third kappa shape index (κ3) is 3.18. The fourth-order valence-corrected chi connectivity index (χ4v) is 2.73. The van der Waals surface area contributed by atoms with Crippen LogP contribution in [0.25, 0.3) is 0 Å². The minimum atomic E-state index is -0.0334. The van der Waals surface area contributed by atoms with Gasteiger partial charge in [-0.3, -0.25) is 4.79 Å². The molecule has 0 atom stereocenters. The second-order valence-corrected chi connectivity index (χ2v) is 5.83. The van der Waals surface area contributed by atoms with Crippen molar-refractivity contribution in [1.82, 2.24) is 9.88 Å². The van der Waals surface area contributed by atoms with Gasteiger partial charge in [-0.2, -0.15) is 0 Å². The average Bonchev–Trinajstić information content (AvgIpc) is 2.41. The van der Waals surface area contributed by atoms with Crippen LogP contribution in [-0.2, 0) is 0 Å². The normalized spacial score (nSPS) is 23.1. The molecular formula is C14H20ClN3O. The standard InChI is InChI=1S/C14H20ClN3O/c1-9-3-5-11(6-4-9)18(2)14(19)10-7-12(15)13(16)17-8-10/h7-9,11H,3-6H2,1-2H3,(H2,16,17). The van der Waals surface area contributed by atoms with Crippen molar-refractivity contribution >= 4 is 23.3 Å². The summed E-state index contributed by atoms with van der Waals surface area (Å²) in [6, 6.07) is 1.91. The summed E-state index contributed by atoms with van der Waals surface area (Å²) in [6.07, 6.45) is 6.00. The highest BCUT2D eigenvalue weighted by Gasteiger charge is 2.25. The van der Waals surface area contributed by atoms with E-state index in [4.69, 9.17) is 17.3 Å². The number of halogens is 1. The molecular weight excluding hydrogens is 262 g/mol. The Morgan fingerprint density at radius 1 is 1.42 bits per heavy atom. The minimum absolute atomic E-state index is 0.0334. The predicted molar refractivity (Wildman–Crippen MR) is 77.2 cm³/mol. The van der Waals surface area contributed by atoms with Crippen LogP contribution in [0.2, 0.25) is 5.02 Å². The first-order valence-corrected chi connectivity index (χ1v) is 7.05. The van der Waals surface area contributed by atoms with Crippen molar-refractivity contribution in [3.05, 3.63) is 22.8 Å². The van der Waals surface area contributed by atoms with Crippen LogP contribution in [0.3, 0.4) is 0 Å². The van der Waals surface area contributed by atoms with E-state index < -0.39 is 0 Å². The number of hydrogen-bond acceptors (Lipinski definition) is 3. The van der Waals surface area contributed by atoms with Crippen LogP contribution in [0, 0.1) is 5.92 Å². The first-order chi connectivity index (χ1) is 8.99. The summed E-state index contributed by atoms with van der Waals surface area (Å²) >= 11 is 5.91. The molecule has 1 amide bonds. The summed E-state index contributed by atoms with van der Waals surface area (Å²) in [5, 5.41) is 0.330. The van der Waals surface area contributed by atoms with Gasteiger partial charge in [-0.15, -0.1) is 0 Å². The number of nitrogens with two attached hydrogens (primary N) is 1. The lowest BCUT2D eigenvalue weighted by Gasteiger charge is -2.33. The topological polar surface area (TPSA) is 59.2 Å². The number of aromatic nitrogens is 1. The van der Waals surface area contributed by atoms with Crippen LogP contribution in [-0.4, -0.2) is 28.9 Å². The molecule has 0 aromatic carbocycles. The summed E-state index contributed by atoms with van der Waals surface area (Å²) in [5.41, 5.74) is 6.06.